The van der Waals surface area contributed by atoms with Gasteiger partial charge in [-0.25, -0.2) is 0 Å². The van der Waals surface area contributed by atoms with Gasteiger partial charge in [-0.05, 0) is 53.7 Å². The molecule has 2 N–H and O–H groups in total. The largest absolute Gasteiger partial charge is 0.338 e. The molecule has 1 aliphatic rings. The van der Waals surface area contributed by atoms with Crippen LogP contribution in [0.5, 0.6) is 0 Å². The number of nitrogens with two attached hydrogens (primary N) is 1. The van der Waals surface area contributed by atoms with Crippen LogP contribution in [0.15, 0.2) is 15.2 Å². The van der Waals surface area contributed by atoms with E-state index in [1.54, 1.807) is 11.3 Å². The van der Waals surface area contributed by atoms with Crippen LogP contribution >= 0.6 is 27.3 Å². The summed E-state index contributed by atoms with van der Waals surface area (Å²) in [6.45, 7) is 2.47. The number of amides is 1. The molecule has 0 radical (unpaired) electrons. The average Bonchev–Trinajstić information content (AvgIpc) is 2.76. The van der Waals surface area contributed by atoms with Gasteiger partial charge in [-0.1, -0.05) is 0 Å². The van der Waals surface area contributed by atoms with Crippen molar-refractivity contribution < 1.29 is 4.79 Å². The Labute approximate surface area is 114 Å². The molecule has 1 aromatic heterocycles. The average molecular weight is 317 g/mol. The number of likely N-dealkylation sites (tertiary alicyclic amines) is 1. The molecule has 1 atom stereocenters. The minimum Gasteiger partial charge on any atom is -0.338 e. The van der Waals surface area contributed by atoms with Crippen LogP contribution in [0, 0.1) is 5.92 Å². The molecule has 5 heteroatoms. The highest BCUT2D eigenvalue weighted by Crippen LogP contribution is 2.25. The van der Waals surface area contributed by atoms with E-state index in [4.69, 9.17) is 5.73 Å². The van der Waals surface area contributed by atoms with Crippen molar-refractivity contribution in [3.8, 4) is 0 Å². The van der Waals surface area contributed by atoms with Crippen LogP contribution in [0.4, 0.5) is 0 Å². The lowest BCUT2D eigenvalue weighted by atomic mass is 9.94. The minimum atomic E-state index is 0.161. The molecule has 0 aliphatic carbocycles. The lowest BCUT2D eigenvalue weighted by Gasteiger charge is -2.32. The zero-order valence-corrected chi connectivity index (χ0v) is 12.1. The van der Waals surface area contributed by atoms with Crippen LogP contribution in [0.1, 0.15) is 29.6 Å². The maximum atomic E-state index is 12.2. The van der Waals surface area contributed by atoms with Gasteiger partial charge in [0.15, 0.2) is 0 Å². The molecular weight excluding hydrogens is 300 g/mol. The minimum absolute atomic E-state index is 0.161. The molecule has 94 valence electrons. The van der Waals surface area contributed by atoms with E-state index in [1.165, 1.54) is 6.42 Å². The molecule has 1 unspecified atom stereocenters. The number of carbonyl (C=O) groups excluding carboxylic acids is 1. The number of piperidine rings is 1. The fourth-order valence-corrected chi connectivity index (χ4v) is 3.46. The summed E-state index contributed by atoms with van der Waals surface area (Å²) in [6.07, 6.45) is 3.33. The molecule has 1 saturated heterocycles. The number of hydrogen-bond acceptors (Lipinski definition) is 3. The first-order valence-corrected chi connectivity index (χ1v) is 7.61. The second-order valence-corrected chi connectivity index (χ2v) is 6.77. The van der Waals surface area contributed by atoms with E-state index in [0.29, 0.717) is 5.92 Å². The number of carbonyl (C=O) groups is 1. The van der Waals surface area contributed by atoms with Crippen LogP contribution in [0.25, 0.3) is 0 Å². The highest BCUT2D eigenvalue weighted by atomic mass is 79.9. The Balaban J connectivity index is 1.99. The van der Waals surface area contributed by atoms with Gasteiger partial charge in [0.1, 0.15) is 0 Å². The Bertz CT molecular complexity index is 392. The van der Waals surface area contributed by atoms with Crippen molar-refractivity contribution in [2.24, 2.45) is 11.7 Å². The van der Waals surface area contributed by atoms with Crippen molar-refractivity contribution in [2.45, 2.75) is 19.3 Å². The predicted molar refractivity (Wildman–Crippen MR) is 74.3 cm³/mol. The first kappa shape index (κ1) is 13.1. The zero-order chi connectivity index (χ0) is 12.3. The van der Waals surface area contributed by atoms with Crippen LogP contribution < -0.4 is 5.73 Å². The summed E-state index contributed by atoms with van der Waals surface area (Å²) in [5.41, 5.74) is 6.39. The molecule has 1 fully saturated rings. The Morgan fingerprint density at radius 3 is 3.12 bits per heavy atom. The molecule has 0 bridgehead atoms. The van der Waals surface area contributed by atoms with E-state index < -0.39 is 0 Å². The SMILES string of the molecule is NCCC1CCCN(C(=O)c2csc(Br)c2)C1. The molecule has 3 nitrogen and oxygen atoms in total. The summed E-state index contributed by atoms with van der Waals surface area (Å²) in [5, 5.41) is 1.92. The lowest BCUT2D eigenvalue weighted by Crippen LogP contribution is -2.40. The van der Waals surface area contributed by atoms with E-state index in [2.05, 4.69) is 15.9 Å². The molecule has 2 rings (SSSR count). The highest BCUT2D eigenvalue weighted by Gasteiger charge is 2.24. The van der Waals surface area contributed by atoms with E-state index in [0.717, 1.165) is 41.8 Å². The van der Waals surface area contributed by atoms with E-state index in [9.17, 15) is 4.79 Å². The number of nitrogens with zero attached hydrogens (tertiary/aromatic N) is 1. The predicted octanol–water partition coefficient (Wildman–Crippen LogP) is 2.71. The smallest absolute Gasteiger partial charge is 0.254 e. The zero-order valence-electron chi connectivity index (χ0n) is 9.69. The molecule has 1 amide bonds. The Hall–Kier alpha value is -0.390. The van der Waals surface area contributed by atoms with Crippen molar-refractivity contribution in [1.29, 1.82) is 0 Å². The van der Waals surface area contributed by atoms with Gasteiger partial charge in [0.25, 0.3) is 5.91 Å². The van der Waals surface area contributed by atoms with Gasteiger partial charge in [0.2, 0.25) is 0 Å². The maximum Gasteiger partial charge on any atom is 0.254 e. The van der Waals surface area contributed by atoms with Crippen LogP contribution in [-0.2, 0) is 0 Å². The third-order valence-corrected chi connectivity index (χ3v) is 4.70. The summed E-state index contributed by atoms with van der Waals surface area (Å²) >= 11 is 4.95. The second kappa shape index (κ2) is 5.98. The molecule has 1 aromatic rings. The topological polar surface area (TPSA) is 46.3 Å². The standard InChI is InChI=1S/C12H17BrN2OS/c13-11-6-10(8-17-11)12(16)15-5-1-2-9(7-15)3-4-14/h6,8-9H,1-5,7,14H2. The number of rotatable bonds is 3. The first-order chi connectivity index (χ1) is 8.20. The number of thiophene rings is 1. The fraction of sp³-hybridized carbons (Fsp3) is 0.583. The van der Waals surface area contributed by atoms with Crippen LogP contribution in [-0.4, -0.2) is 30.4 Å². The number of halogens is 1. The van der Waals surface area contributed by atoms with Gasteiger partial charge in [0.05, 0.1) is 9.35 Å². The van der Waals surface area contributed by atoms with Crippen molar-refractivity contribution in [1.82, 2.24) is 4.90 Å². The number of hydrogen-bond donors (Lipinski definition) is 1. The Morgan fingerprint density at radius 2 is 2.47 bits per heavy atom. The summed E-state index contributed by atoms with van der Waals surface area (Å²) in [4.78, 5) is 14.2. The summed E-state index contributed by atoms with van der Waals surface area (Å²) in [5.74, 6) is 0.744. The quantitative estimate of drug-likeness (QED) is 0.932. The fourth-order valence-electron chi connectivity index (χ4n) is 2.33. The molecule has 0 saturated carbocycles. The van der Waals surface area contributed by atoms with Crippen LogP contribution in [0.3, 0.4) is 0 Å². The van der Waals surface area contributed by atoms with Gasteiger partial charge in [-0.2, -0.15) is 0 Å². The summed E-state index contributed by atoms with van der Waals surface area (Å²) in [6, 6.07) is 1.90. The summed E-state index contributed by atoms with van der Waals surface area (Å²) in [7, 11) is 0. The molecule has 17 heavy (non-hydrogen) atoms. The first-order valence-electron chi connectivity index (χ1n) is 5.94. The molecule has 0 spiro atoms. The normalized spacial score (nSPS) is 20.6. The molecular formula is C12H17BrN2OS. The van der Waals surface area contributed by atoms with Gasteiger partial charge in [0, 0.05) is 18.5 Å². The van der Waals surface area contributed by atoms with Gasteiger partial charge < -0.3 is 10.6 Å². The van der Waals surface area contributed by atoms with E-state index in [-0.39, 0.29) is 5.91 Å². The third kappa shape index (κ3) is 3.30. The molecule has 0 aromatic carbocycles. The Kier molecular flexibility index (Phi) is 4.59. The summed E-state index contributed by atoms with van der Waals surface area (Å²) < 4.78 is 1.01. The molecule has 1 aliphatic heterocycles. The van der Waals surface area contributed by atoms with Crippen molar-refractivity contribution in [3.63, 3.8) is 0 Å². The second-order valence-electron chi connectivity index (χ2n) is 4.48. The monoisotopic (exact) mass is 316 g/mol. The van der Waals surface area contributed by atoms with Gasteiger partial charge in [-0.3, -0.25) is 4.79 Å². The molecule has 2 heterocycles. The van der Waals surface area contributed by atoms with Crippen molar-refractivity contribution in [3.05, 3.63) is 20.8 Å². The maximum absolute atomic E-state index is 12.2. The van der Waals surface area contributed by atoms with E-state index >= 15 is 0 Å². The van der Waals surface area contributed by atoms with E-state index in [1.807, 2.05) is 16.3 Å². The Morgan fingerprint density at radius 1 is 1.65 bits per heavy atom. The highest BCUT2D eigenvalue weighted by molar-refractivity contribution is 9.11. The van der Waals surface area contributed by atoms with Gasteiger partial charge >= 0.3 is 0 Å². The van der Waals surface area contributed by atoms with Crippen molar-refractivity contribution >= 4 is 33.2 Å². The van der Waals surface area contributed by atoms with Crippen molar-refractivity contribution in [2.75, 3.05) is 19.6 Å². The third-order valence-electron chi connectivity index (χ3n) is 3.20. The van der Waals surface area contributed by atoms with Crippen LogP contribution in [0.2, 0.25) is 0 Å². The lowest BCUT2D eigenvalue weighted by molar-refractivity contribution is 0.0670. The van der Waals surface area contributed by atoms with Gasteiger partial charge in [-0.15, -0.1) is 11.3 Å².